The van der Waals surface area contributed by atoms with Crippen molar-refractivity contribution in [1.82, 2.24) is 10.4 Å². The number of carbonyl (C=O) groups is 2. The molecule has 1 aliphatic rings. The molecule has 21 heavy (non-hydrogen) atoms. The van der Waals surface area contributed by atoms with Gasteiger partial charge in [0.2, 0.25) is 5.91 Å². The molecule has 114 valence electrons. The predicted molar refractivity (Wildman–Crippen MR) is 79.0 cm³/mol. The Morgan fingerprint density at radius 3 is 2.71 bits per heavy atom. The highest BCUT2D eigenvalue weighted by Crippen LogP contribution is 2.11. The lowest BCUT2D eigenvalue weighted by Gasteiger charge is -2.24. The number of nitrogens with one attached hydrogen (secondary N) is 1. The fourth-order valence-corrected chi connectivity index (χ4v) is 2.36. The molecular formula is C16H22N2O3. The van der Waals surface area contributed by atoms with E-state index < -0.39 is 0 Å². The van der Waals surface area contributed by atoms with Crippen LogP contribution in [0.1, 0.15) is 37.7 Å². The average Bonchev–Trinajstić information content (AvgIpc) is 2.48. The molecule has 0 bridgehead atoms. The third-order valence-corrected chi connectivity index (χ3v) is 3.52. The van der Waals surface area contributed by atoms with E-state index in [1.54, 1.807) is 4.90 Å². The molecule has 1 fully saturated rings. The number of hydrogen-bond donors (Lipinski definition) is 1. The lowest BCUT2D eigenvalue weighted by Crippen LogP contribution is -2.41. The van der Waals surface area contributed by atoms with E-state index >= 15 is 0 Å². The average molecular weight is 290 g/mol. The summed E-state index contributed by atoms with van der Waals surface area (Å²) in [6, 6.07) is 9.61. The largest absolute Gasteiger partial charge is 0.333 e. The van der Waals surface area contributed by atoms with Gasteiger partial charge >= 0.3 is 0 Å². The molecule has 1 aliphatic heterocycles. The summed E-state index contributed by atoms with van der Waals surface area (Å²) in [7, 11) is 0. The van der Waals surface area contributed by atoms with Gasteiger partial charge in [-0.05, 0) is 18.4 Å². The lowest BCUT2D eigenvalue weighted by atomic mass is 10.1. The van der Waals surface area contributed by atoms with Crippen LogP contribution in [0.3, 0.4) is 0 Å². The zero-order valence-electron chi connectivity index (χ0n) is 12.2. The van der Waals surface area contributed by atoms with Gasteiger partial charge in [-0.3, -0.25) is 14.4 Å². The third-order valence-electron chi connectivity index (χ3n) is 3.52. The predicted octanol–water partition coefficient (Wildman–Crippen LogP) is 2.03. The zero-order chi connectivity index (χ0) is 14.9. The third kappa shape index (κ3) is 5.55. The summed E-state index contributed by atoms with van der Waals surface area (Å²) in [4.78, 5) is 30.5. The molecule has 0 saturated carbocycles. The first-order valence-electron chi connectivity index (χ1n) is 7.48. The van der Waals surface area contributed by atoms with Gasteiger partial charge in [-0.25, -0.2) is 5.48 Å². The van der Waals surface area contributed by atoms with Crippen molar-refractivity contribution in [2.45, 2.75) is 38.7 Å². The molecule has 0 aliphatic carbocycles. The molecular weight excluding hydrogens is 268 g/mol. The Balaban J connectivity index is 1.71. The Morgan fingerprint density at radius 1 is 1.14 bits per heavy atom. The van der Waals surface area contributed by atoms with Crippen molar-refractivity contribution >= 4 is 11.8 Å². The first-order chi connectivity index (χ1) is 10.3. The Kier molecular flexibility index (Phi) is 6.22. The van der Waals surface area contributed by atoms with Gasteiger partial charge < -0.3 is 4.90 Å². The van der Waals surface area contributed by atoms with Crippen LogP contribution in [-0.2, 0) is 21.0 Å². The van der Waals surface area contributed by atoms with E-state index in [0.29, 0.717) is 19.6 Å². The first-order valence-corrected chi connectivity index (χ1v) is 7.48. The highest BCUT2D eigenvalue weighted by atomic mass is 16.6. The van der Waals surface area contributed by atoms with Crippen molar-refractivity contribution in [3.05, 3.63) is 35.9 Å². The normalized spacial score (nSPS) is 16.2. The summed E-state index contributed by atoms with van der Waals surface area (Å²) in [6.45, 7) is 1.05. The maximum Gasteiger partial charge on any atom is 0.263 e. The minimum absolute atomic E-state index is 0.0629. The molecule has 0 spiro atoms. The van der Waals surface area contributed by atoms with Crippen molar-refractivity contribution in [2.24, 2.45) is 0 Å². The topological polar surface area (TPSA) is 58.6 Å². The van der Waals surface area contributed by atoms with E-state index in [9.17, 15) is 9.59 Å². The molecule has 1 saturated heterocycles. The SMILES string of the molecule is O=C(CN1CCCCCCC1=O)NOCc1ccccc1. The number of amides is 2. The van der Waals surface area contributed by atoms with Crippen LogP contribution in [0.4, 0.5) is 0 Å². The summed E-state index contributed by atoms with van der Waals surface area (Å²) in [6.07, 6.45) is 4.64. The van der Waals surface area contributed by atoms with Crippen LogP contribution in [0, 0.1) is 0 Å². The Labute approximate surface area is 125 Å². The molecule has 1 aromatic rings. The van der Waals surface area contributed by atoms with Crippen molar-refractivity contribution in [3.8, 4) is 0 Å². The summed E-state index contributed by atoms with van der Waals surface area (Å²) in [5.41, 5.74) is 3.39. The number of benzene rings is 1. The van der Waals surface area contributed by atoms with Gasteiger partial charge in [-0.1, -0.05) is 43.2 Å². The number of nitrogens with zero attached hydrogens (tertiary/aromatic N) is 1. The molecule has 5 nitrogen and oxygen atoms in total. The Morgan fingerprint density at radius 2 is 1.90 bits per heavy atom. The van der Waals surface area contributed by atoms with E-state index in [1.807, 2.05) is 30.3 Å². The standard InChI is InChI=1S/C16H22N2O3/c19-15(17-21-13-14-8-4-3-5-9-14)12-18-11-7-2-1-6-10-16(18)20/h3-5,8-9H,1-2,6-7,10-13H2,(H,17,19). The van der Waals surface area contributed by atoms with Gasteiger partial charge in [0.25, 0.3) is 5.91 Å². The van der Waals surface area contributed by atoms with Gasteiger partial charge in [0.15, 0.2) is 0 Å². The Bertz CT molecular complexity index is 462. The van der Waals surface area contributed by atoms with E-state index in [0.717, 1.165) is 31.2 Å². The van der Waals surface area contributed by atoms with Crippen molar-refractivity contribution in [3.63, 3.8) is 0 Å². The second-order valence-corrected chi connectivity index (χ2v) is 5.28. The van der Waals surface area contributed by atoms with Gasteiger partial charge in [0.05, 0.1) is 6.61 Å². The molecule has 1 heterocycles. The van der Waals surface area contributed by atoms with E-state index in [1.165, 1.54) is 0 Å². The van der Waals surface area contributed by atoms with Crippen LogP contribution < -0.4 is 5.48 Å². The lowest BCUT2D eigenvalue weighted by molar-refractivity contribution is -0.142. The molecule has 1 aromatic carbocycles. The number of hydroxylamine groups is 1. The molecule has 1 N–H and O–H groups in total. The number of rotatable bonds is 5. The van der Waals surface area contributed by atoms with E-state index in [4.69, 9.17) is 4.84 Å². The van der Waals surface area contributed by atoms with Crippen LogP contribution >= 0.6 is 0 Å². The second-order valence-electron chi connectivity index (χ2n) is 5.28. The fourth-order valence-electron chi connectivity index (χ4n) is 2.36. The maximum atomic E-state index is 11.9. The van der Waals surface area contributed by atoms with Crippen LogP contribution in [0.15, 0.2) is 30.3 Å². The van der Waals surface area contributed by atoms with E-state index in [2.05, 4.69) is 5.48 Å². The van der Waals surface area contributed by atoms with Crippen molar-refractivity contribution in [2.75, 3.05) is 13.1 Å². The van der Waals surface area contributed by atoms with Gasteiger partial charge in [0.1, 0.15) is 6.54 Å². The molecule has 2 rings (SSSR count). The molecule has 0 aromatic heterocycles. The maximum absolute atomic E-state index is 11.9. The van der Waals surface area contributed by atoms with Gasteiger partial charge in [-0.15, -0.1) is 0 Å². The number of hydrogen-bond acceptors (Lipinski definition) is 3. The van der Waals surface area contributed by atoms with Gasteiger partial charge in [0, 0.05) is 13.0 Å². The second kappa shape index (κ2) is 8.42. The zero-order valence-corrected chi connectivity index (χ0v) is 12.2. The van der Waals surface area contributed by atoms with Crippen LogP contribution in [0.25, 0.3) is 0 Å². The minimum atomic E-state index is -0.278. The molecule has 0 atom stereocenters. The quantitative estimate of drug-likeness (QED) is 0.844. The molecule has 2 amide bonds. The van der Waals surface area contributed by atoms with Crippen molar-refractivity contribution in [1.29, 1.82) is 0 Å². The minimum Gasteiger partial charge on any atom is -0.333 e. The highest BCUT2D eigenvalue weighted by Gasteiger charge is 2.18. The first kappa shape index (κ1) is 15.5. The fraction of sp³-hybridized carbons (Fsp3) is 0.500. The summed E-state index contributed by atoms with van der Waals surface area (Å²) in [5.74, 6) is -0.215. The smallest absolute Gasteiger partial charge is 0.263 e. The number of likely N-dealkylation sites (tertiary alicyclic amines) is 1. The summed E-state index contributed by atoms with van der Waals surface area (Å²) < 4.78 is 0. The highest BCUT2D eigenvalue weighted by molar-refractivity contribution is 5.84. The monoisotopic (exact) mass is 290 g/mol. The van der Waals surface area contributed by atoms with Crippen LogP contribution in [-0.4, -0.2) is 29.8 Å². The van der Waals surface area contributed by atoms with Crippen molar-refractivity contribution < 1.29 is 14.4 Å². The molecule has 0 unspecified atom stereocenters. The van der Waals surface area contributed by atoms with Crippen LogP contribution in [0.2, 0.25) is 0 Å². The van der Waals surface area contributed by atoms with Crippen LogP contribution in [0.5, 0.6) is 0 Å². The Hall–Kier alpha value is -1.88. The summed E-state index contributed by atoms with van der Waals surface area (Å²) >= 11 is 0. The molecule has 5 heteroatoms. The molecule has 0 radical (unpaired) electrons. The number of carbonyl (C=O) groups excluding carboxylic acids is 2. The van der Waals surface area contributed by atoms with E-state index in [-0.39, 0.29) is 18.4 Å². The summed E-state index contributed by atoms with van der Waals surface area (Å²) in [5, 5.41) is 0. The van der Waals surface area contributed by atoms with Gasteiger partial charge in [-0.2, -0.15) is 0 Å².